The molecular formula is C25H30N2O9S. The molecule has 1 aliphatic heterocycles. The van der Waals surface area contributed by atoms with Crippen LogP contribution in [0, 0.1) is 20.8 Å². The molecular weight excluding hydrogens is 504 g/mol. The van der Waals surface area contributed by atoms with E-state index in [2.05, 4.69) is 9.88 Å². The molecule has 3 rings (SSSR count). The molecule has 11 nitrogen and oxygen atoms in total. The number of sulfonamides is 1. The number of benzene rings is 2. The number of carbonyl (C=O) groups is 2. The molecule has 0 saturated carbocycles. The van der Waals surface area contributed by atoms with Gasteiger partial charge >= 0.3 is 11.9 Å². The van der Waals surface area contributed by atoms with Gasteiger partial charge in [0.05, 0.1) is 12.0 Å². The molecule has 0 aromatic heterocycles. The summed E-state index contributed by atoms with van der Waals surface area (Å²) in [5.41, 5.74) is 2.53. The van der Waals surface area contributed by atoms with E-state index >= 15 is 0 Å². The van der Waals surface area contributed by atoms with E-state index < -0.39 is 34.2 Å². The van der Waals surface area contributed by atoms with E-state index in [0.29, 0.717) is 39.8 Å². The van der Waals surface area contributed by atoms with E-state index in [1.54, 1.807) is 31.2 Å². The van der Waals surface area contributed by atoms with Crippen molar-refractivity contribution in [1.82, 2.24) is 0 Å². The molecule has 0 spiro atoms. The fraction of sp³-hybridized carbons (Fsp3) is 0.400. The van der Waals surface area contributed by atoms with Gasteiger partial charge in [-0.25, -0.2) is 13.2 Å². The smallest absolute Gasteiger partial charge is 0.344 e. The fourth-order valence-corrected chi connectivity index (χ4v) is 4.55. The van der Waals surface area contributed by atoms with Crippen molar-refractivity contribution < 1.29 is 42.2 Å². The first-order valence-corrected chi connectivity index (χ1v) is 13.2. The highest BCUT2D eigenvalue weighted by Crippen LogP contribution is 2.44. The molecule has 2 N–H and O–H groups in total. The summed E-state index contributed by atoms with van der Waals surface area (Å²) in [5, 5.41) is 13.1. The Bertz CT molecular complexity index is 1350. The van der Waals surface area contributed by atoms with Crippen molar-refractivity contribution in [2.45, 2.75) is 46.6 Å². The van der Waals surface area contributed by atoms with Gasteiger partial charge in [0.2, 0.25) is 16.6 Å². The van der Waals surface area contributed by atoms with Crippen molar-refractivity contribution in [1.29, 1.82) is 0 Å². The van der Waals surface area contributed by atoms with Gasteiger partial charge < -0.3 is 24.2 Å². The Morgan fingerprint density at radius 1 is 1.14 bits per heavy atom. The van der Waals surface area contributed by atoms with Crippen LogP contribution < -0.4 is 18.9 Å². The Kier molecular flexibility index (Phi) is 8.01. The molecule has 12 heteroatoms. The third-order valence-corrected chi connectivity index (χ3v) is 6.28. The minimum absolute atomic E-state index is 0.0898. The lowest BCUT2D eigenvalue weighted by Crippen LogP contribution is -2.45. The predicted octanol–water partition coefficient (Wildman–Crippen LogP) is 3.33. The van der Waals surface area contributed by atoms with E-state index in [0.717, 1.165) is 17.4 Å². The van der Waals surface area contributed by atoms with Gasteiger partial charge in [0.25, 0.3) is 0 Å². The largest absolute Gasteiger partial charge is 0.489 e. The maximum absolute atomic E-state index is 11.7. The number of esters is 1. The highest BCUT2D eigenvalue weighted by atomic mass is 32.2. The zero-order chi connectivity index (χ0) is 27.5. The minimum Gasteiger partial charge on any atom is -0.489 e. The molecule has 0 bridgehead atoms. The van der Waals surface area contributed by atoms with Crippen molar-refractivity contribution in [3.05, 3.63) is 46.5 Å². The Morgan fingerprint density at radius 2 is 1.78 bits per heavy atom. The number of hydrogen-bond acceptors (Lipinski definition) is 9. The molecule has 200 valence electrons. The lowest BCUT2D eigenvalue weighted by molar-refractivity contribution is -0.142. The van der Waals surface area contributed by atoms with Crippen LogP contribution >= 0.6 is 0 Å². The molecule has 37 heavy (non-hydrogen) atoms. The molecule has 2 aromatic rings. The number of ether oxygens (including phenoxy) is 3. The number of carboxylic acids is 1. The number of aliphatic carboxylic acids is 1. The predicted molar refractivity (Wildman–Crippen MR) is 136 cm³/mol. The number of hydrogen-bond donors (Lipinski definition) is 2. The zero-order valence-corrected chi connectivity index (χ0v) is 22.3. The van der Waals surface area contributed by atoms with E-state index in [4.69, 9.17) is 24.2 Å². The second kappa shape index (κ2) is 10.7. The number of anilines is 1. The Hall–Kier alpha value is -3.80. The number of fused-ring (bicyclic) bond motifs is 1. The molecule has 1 atom stereocenters. The van der Waals surface area contributed by atoms with Gasteiger partial charge in [-0.05, 0) is 63.1 Å². The average molecular weight is 535 g/mol. The van der Waals surface area contributed by atoms with Crippen LogP contribution in [-0.4, -0.2) is 56.2 Å². The topological polar surface area (TPSA) is 150 Å². The highest BCUT2D eigenvalue weighted by Gasteiger charge is 2.40. The van der Waals surface area contributed by atoms with Gasteiger partial charge in [-0.15, -0.1) is 0 Å². The first kappa shape index (κ1) is 27.8. The summed E-state index contributed by atoms with van der Waals surface area (Å²) >= 11 is 0. The van der Waals surface area contributed by atoms with Crippen LogP contribution in [0.3, 0.4) is 0 Å². The Balaban J connectivity index is 1.94. The van der Waals surface area contributed by atoms with Gasteiger partial charge in [-0.1, -0.05) is 5.16 Å². The summed E-state index contributed by atoms with van der Waals surface area (Å²) in [6, 6.07) is 6.42. The SMILES string of the molecule is CC(=O)Oc1c(C)c(C)c2c(c1C)C(=NOCC(=O)O)CC(C)(COc1ccc(NS(C)(=O)=O)cc1)O2. The lowest BCUT2D eigenvalue weighted by Gasteiger charge is -2.38. The van der Waals surface area contributed by atoms with Crippen molar-refractivity contribution >= 4 is 33.4 Å². The van der Waals surface area contributed by atoms with Crippen LogP contribution in [0.1, 0.15) is 42.5 Å². The van der Waals surface area contributed by atoms with E-state index in [9.17, 15) is 18.0 Å². The van der Waals surface area contributed by atoms with Crippen molar-refractivity contribution in [2.24, 2.45) is 5.16 Å². The summed E-state index contributed by atoms with van der Waals surface area (Å²) in [7, 11) is -3.40. The third kappa shape index (κ3) is 6.91. The first-order valence-electron chi connectivity index (χ1n) is 11.3. The van der Waals surface area contributed by atoms with Crippen LogP contribution in [0.2, 0.25) is 0 Å². The van der Waals surface area contributed by atoms with E-state index in [-0.39, 0.29) is 13.0 Å². The summed E-state index contributed by atoms with van der Waals surface area (Å²) in [5.74, 6) is -0.257. The van der Waals surface area contributed by atoms with Gasteiger partial charge in [0.15, 0.2) is 0 Å². The number of carboxylic acid groups (broad SMARTS) is 1. The molecule has 0 amide bonds. The van der Waals surface area contributed by atoms with Gasteiger partial charge in [-0.2, -0.15) is 0 Å². The standard InChI is InChI=1S/C25H30N2O9S/c1-14-15(2)24-22(16(3)23(14)35-17(4)28)20(26-34-12-21(29)30)11-25(5,36-24)13-33-19-9-7-18(8-10-19)27-37(6,31)32/h7-10,27H,11-13H2,1-6H3,(H,29,30). The number of rotatable bonds is 9. The third-order valence-electron chi connectivity index (χ3n) is 5.68. The highest BCUT2D eigenvalue weighted by molar-refractivity contribution is 7.92. The number of oxime groups is 1. The second-order valence-electron chi connectivity index (χ2n) is 9.12. The zero-order valence-electron chi connectivity index (χ0n) is 21.5. The summed E-state index contributed by atoms with van der Waals surface area (Å²) in [4.78, 5) is 27.8. The van der Waals surface area contributed by atoms with Crippen molar-refractivity contribution in [3.8, 4) is 17.2 Å². The first-order chi connectivity index (χ1) is 17.2. The molecule has 1 aliphatic rings. The van der Waals surface area contributed by atoms with Crippen LogP contribution in [0.25, 0.3) is 0 Å². The van der Waals surface area contributed by atoms with Crippen molar-refractivity contribution in [3.63, 3.8) is 0 Å². The minimum atomic E-state index is -3.40. The van der Waals surface area contributed by atoms with E-state index in [1.807, 2.05) is 20.8 Å². The summed E-state index contributed by atoms with van der Waals surface area (Å²) in [6.07, 6.45) is 1.27. The van der Waals surface area contributed by atoms with Gasteiger partial charge in [0, 0.05) is 30.2 Å². The maximum Gasteiger partial charge on any atom is 0.344 e. The number of nitrogens with zero attached hydrogens (tertiary/aromatic N) is 1. The maximum atomic E-state index is 11.7. The van der Waals surface area contributed by atoms with Crippen molar-refractivity contribution in [2.75, 3.05) is 24.2 Å². The van der Waals surface area contributed by atoms with Crippen LogP contribution in [0.4, 0.5) is 5.69 Å². The summed E-state index contributed by atoms with van der Waals surface area (Å²) in [6.45, 7) is 8.02. The number of carbonyl (C=O) groups excluding carboxylic acids is 1. The molecule has 0 aliphatic carbocycles. The molecule has 1 unspecified atom stereocenters. The number of nitrogens with one attached hydrogen (secondary N) is 1. The monoisotopic (exact) mass is 534 g/mol. The van der Waals surface area contributed by atoms with Crippen LogP contribution in [0.5, 0.6) is 17.2 Å². The Morgan fingerprint density at radius 3 is 2.35 bits per heavy atom. The molecule has 0 radical (unpaired) electrons. The molecule has 1 heterocycles. The normalized spacial score (nSPS) is 17.9. The molecule has 0 fully saturated rings. The lowest BCUT2D eigenvalue weighted by atomic mass is 9.86. The fourth-order valence-electron chi connectivity index (χ4n) is 3.98. The van der Waals surface area contributed by atoms with Crippen LogP contribution in [0.15, 0.2) is 29.4 Å². The van der Waals surface area contributed by atoms with E-state index in [1.165, 1.54) is 6.92 Å². The van der Waals surface area contributed by atoms with Gasteiger partial charge in [0.1, 0.15) is 29.5 Å². The summed E-state index contributed by atoms with van der Waals surface area (Å²) < 4.78 is 43.1. The van der Waals surface area contributed by atoms with Gasteiger partial charge in [-0.3, -0.25) is 9.52 Å². The molecule has 2 aromatic carbocycles. The quantitative estimate of drug-likeness (QED) is 0.280. The Labute approximate surface area is 215 Å². The van der Waals surface area contributed by atoms with Crippen LogP contribution in [-0.2, 0) is 24.4 Å². The second-order valence-corrected chi connectivity index (χ2v) is 10.9. The molecule has 0 saturated heterocycles. The average Bonchev–Trinajstić information content (AvgIpc) is 2.78.